The van der Waals surface area contributed by atoms with E-state index in [1.807, 2.05) is 0 Å². The molecule has 9 heteroatoms. The molecule has 1 aliphatic rings. The first-order chi connectivity index (χ1) is 17.3. The highest BCUT2D eigenvalue weighted by Gasteiger charge is 2.29. The number of nitrogens with zero attached hydrogens (tertiary/aromatic N) is 2. The van der Waals surface area contributed by atoms with E-state index in [2.05, 4.69) is 5.10 Å². The molecule has 4 rings (SSSR count). The van der Waals surface area contributed by atoms with Crippen molar-refractivity contribution in [2.24, 2.45) is 5.10 Å². The van der Waals surface area contributed by atoms with Crippen LogP contribution in [-0.4, -0.2) is 36.8 Å². The minimum absolute atomic E-state index is 0.224. The lowest BCUT2D eigenvalue weighted by atomic mass is 10.1. The van der Waals surface area contributed by atoms with E-state index in [4.69, 9.17) is 14.2 Å². The van der Waals surface area contributed by atoms with Crippen LogP contribution < -0.4 is 14.5 Å². The lowest BCUT2D eigenvalue weighted by Crippen LogP contribution is -2.21. The Bertz CT molecular complexity index is 1360. The number of carbonyl (C=O) groups is 3. The van der Waals surface area contributed by atoms with Gasteiger partial charge in [0, 0.05) is 0 Å². The number of rotatable bonds is 7. The van der Waals surface area contributed by atoms with Crippen LogP contribution in [0.1, 0.15) is 46.4 Å². The highest BCUT2D eigenvalue weighted by molar-refractivity contribution is 7.12. The summed E-state index contributed by atoms with van der Waals surface area (Å²) in [5, 5.41) is 7.47. The smallest absolute Gasteiger partial charge is 0.353 e. The third kappa shape index (κ3) is 5.36. The van der Waals surface area contributed by atoms with E-state index in [-0.39, 0.29) is 17.8 Å². The van der Waals surface area contributed by atoms with Gasteiger partial charge in [-0.15, -0.1) is 11.3 Å². The summed E-state index contributed by atoms with van der Waals surface area (Å²) in [7, 11) is 1.48. The van der Waals surface area contributed by atoms with Crippen LogP contribution in [0, 0.1) is 0 Å². The van der Waals surface area contributed by atoms with Crippen molar-refractivity contribution in [3.8, 4) is 11.5 Å². The number of amides is 1. The second-order valence-electron chi connectivity index (χ2n) is 8.14. The van der Waals surface area contributed by atoms with Crippen LogP contribution in [0.2, 0.25) is 0 Å². The second-order valence-corrected chi connectivity index (χ2v) is 9.09. The molecular weight excluding hydrogens is 480 g/mol. The van der Waals surface area contributed by atoms with E-state index in [0.29, 0.717) is 38.7 Å². The van der Waals surface area contributed by atoms with Gasteiger partial charge in [0.25, 0.3) is 5.91 Å². The highest BCUT2D eigenvalue weighted by Crippen LogP contribution is 2.31. The number of esters is 2. The fraction of sp³-hybridized carbons (Fsp3) is 0.185. The monoisotopic (exact) mass is 504 g/mol. The lowest BCUT2D eigenvalue weighted by molar-refractivity contribution is -0.114. The molecule has 36 heavy (non-hydrogen) atoms. The van der Waals surface area contributed by atoms with Gasteiger partial charge < -0.3 is 14.2 Å². The molecule has 2 heterocycles. The highest BCUT2D eigenvalue weighted by atomic mass is 32.1. The molecule has 184 valence electrons. The van der Waals surface area contributed by atoms with Crippen molar-refractivity contribution in [1.82, 2.24) is 0 Å². The van der Waals surface area contributed by atoms with Crippen LogP contribution in [0.5, 0.6) is 11.5 Å². The van der Waals surface area contributed by atoms with Crippen LogP contribution in [0.4, 0.5) is 5.69 Å². The summed E-state index contributed by atoms with van der Waals surface area (Å²) < 4.78 is 16.1. The van der Waals surface area contributed by atoms with Crippen LogP contribution in [0.25, 0.3) is 6.08 Å². The van der Waals surface area contributed by atoms with Crippen LogP contribution in [0.15, 0.2) is 70.7 Å². The predicted octanol–water partition coefficient (Wildman–Crippen LogP) is 5.35. The number of benzene rings is 2. The summed E-state index contributed by atoms with van der Waals surface area (Å²) in [5.74, 6) is -0.573. The first-order valence-electron chi connectivity index (χ1n) is 11.1. The molecule has 0 atom stereocenters. The molecule has 0 spiro atoms. The Morgan fingerprint density at radius 1 is 1.03 bits per heavy atom. The molecule has 0 fully saturated rings. The van der Waals surface area contributed by atoms with Crippen molar-refractivity contribution < 1.29 is 28.6 Å². The minimum atomic E-state index is -0.470. The predicted molar refractivity (Wildman–Crippen MR) is 138 cm³/mol. The van der Waals surface area contributed by atoms with Gasteiger partial charge >= 0.3 is 11.9 Å². The first-order valence-corrected chi connectivity index (χ1v) is 12.0. The number of ether oxygens (including phenoxy) is 3. The summed E-state index contributed by atoms with van der Waals surface area (Å²) in [6.45, 7) is 5.30. The fourth-order valence-corrected chi connectivity index (χ4v) is 4.05. The Morgan fingerprint density at radius 3 is 2.42 bits per heavy atom. The molecule has 0 saturated carbocycles. The van der Waals surface area contributed by atoms with E-state index in [0.717, 1.165) is 0 Å². The Labute approximate surface area is 212 Å². The molecule has 0 N–H and O–H groups in total. The molecule has 0 radical (unpaired) electrons. The SMILES string of the molecule is COc1cc(/C=C2/C(=O)N(c3ccc(C(=O)OC(C)C)cc3)N=C2C)ccc1OC(=O)c1cccs1. The van der Waals surface area contributed by atoms with E-state index in [1.54, 1.807) is 86.8 Å². The van der Waals surface area contributed by atoms with Gasteiger partial charge in [-0.25, -0.2) is 9.59 Å². The zero-order chi connectivity index (χ0) is 25.8. The molecule has 0 bridgehead atoms. The summed E-state index contributed by atoms with van der Waals surface area (Å²) in [6.07, 6.45) is 1.47. The van der Waals surface area contributed by atoms with Gasteiger partial charge in [0.1, 0.15) is 4.88 Å². The lowest BCUT2D eigenvalue weighted by Gasteiger charge is -2.13. The summed E-state index contributed by atoms with van der Waals surface area (Å²) in [4.78, 5) is 38.0. The molecule has 0 unspecified atom stereocenters. The number of hydrogen-bond donors (Lipinski definition) is 0. The van der Waals surface area contributed by atoms with Crippen molar-refractivity contribution in [1.29, 1.82) is 0 Å². The molecule has 8 nitrogen and oxygen atoms in total. The maximum atomic E-state index is 13.1. The standard InChI is InChI=1S/C27H24N2O6S/c1-16(2)34-26(31)19-8-10-20(11-9-19)29-25(30)21(17(3)28-29)14-18-7-12-22(23(15-18)33-4)35-27(32)24-6-5-13-36-24/h5-16H,1-4H3/b21-14+. The number of hydrogen-bond acceptors (Lipinski definition) is 8. The Morgan fingerprint density at radius 2 is 1.78 bits per heavy atom. The average molecular weight is 505 g/mol. The molecule has 0 saturated heterocycles. The third-order valence-corrected chi connectivity index (χ3v) is 6.03. The number of anilines is 1. The van der Waals surface area contributed by atoms with Crippen molar-refractivity contribution in [3.63, 3.8) is 0 Å². The number of carbonyl (C=O) groups excluding carboxylic acids is 3. The van der Waals surface area contributed by atoms with Gasteiger partial charge in [-0.2, -0.15) is 10.1 Å². The first kappa shape index (κ1) is 24.9. The fourth-order valence-electron chi connectivity index (χ4n) is 3.45. The molecule has 3 aromatic rings. The van der Waals surface area contributed by atoms with E-state index in [9.17, 15) is 14.4 Å². The third-order valence-electron chi connectivity index (χ3n) is 5.18. The zero-order valence-corrected chi connectivity index (χ0v) is 21.0. The van der Waals surface area contributed by atoms with Gasteiger partial charge in [-0.3, -0.25) is 4.79 Å². The van der Waals surface area contributed by atoms with Gasteiger partial charge in [-0.05, 0) is 80.3 Å². The molecular formula is C27H24N2O6S. The molecule has 1 aromatic heterocycles. The van der Waals surface area contributed by atoms with Crippen molar-refractivity contribution in [2.75, 3.05) is 12.1 Å². The van der Waals surface area contributed by atoms with Crippen LogP contribution in [-0.2, 0) is 9.53 Å². The zero-order valence-electron chi connectivity index (χ0n) is 20.2. The van der Waals surface area contributed by atoms with E-state index >= 15 is 0 Å². The summed E-state index contributed by atoms with van der Waals surface area (Å²) >= 11 is 1.29. The van der Waals surface area contributed by atoms with Gasteiger partial charge in [0.05, 0.1) is 35.7 Å². The van der Waals surface area contributed by atoms with Crippen molar-refractivity contribution in [2.45, 2.75) is 26.9 Å². The van der Waals surface area contributed by atoms with E-state index < -0.39 is 11.9 Å². The Balaban J connectivity index is 1.52. The molecule has 1 aliphatic heterocycles. The molecule has 2 aromatic carbocycles. The second kappa shape index (κ2) is 10.6. The Hall–Kier alpha value is -4.24. The number of thiophene rings is 1. The number of methoxy groups -OCH3 is 1. The van der Waals surface area contributed by atoms with Gasteiger partial charge in [0.2, 0.25) is 0 Å². The maximum Gasteiger partial charge on any atom is 0.353 e. The Kier molecular flexibility index (Phi) is 7.30. The van der Waals surface area contributed by atoms with Gasteiger partial charge in [0.15, 0.2) is 11.5 Å². The average Bonchev–Trinajstić information content (AvgIpc) is 3.49. The normalized spacial score (nSPS) is 14.2. The van der Waals surface area contributed by atoms with Crippen LogP contribution >= 0.6 is 11.3 Å². The largest absolute Gasteiger partial charge is 0.493 e. The maximum absolute atomic E-state index is 13.1. The number of hydrazone groups is 1. The summed E-state index contributed by atoms with van der Waals surface area (Å²) in [6, 6.07) is 15.0. The molecule has 0 aliphatic carbocycles. The van der Waals surface area contributed by atoms with Gasteiger partial charge in [-0.1, -0.05) is 12.1 Å². The summed E-state index contributed by atoms with van der Waals surface area (Å²) in [5.41, 5.74) is 2.54. The van der Waals surface area contributed by atoms with E-state index in [1.165, 1.54) is 23.5 Å². The van der Waals surface area contributed by atoms with Crippen molar-refractivity contribution in [3.05, 3.63) is 81.6 Å². The quantitative estimate of drug-likeness (QED) is 0.245. The minimum Gasteiger partial charge on any atom is -0.493 e. The van der Waals surface area contributed by atoms with Crippen LogP contribution in [0.3, 0.4) is 0 Å². The topological polar surface area (TPSA) is 94.5 Å². The molecule has 1 amide bonds. The van der Waals surface area contributed by atoms with Crippen molar-refractivity contribution >= 4 is 46.7 Å².